The highest BCUT2D eigenvalue weighted by molar-refractivity contribution is 7.15. The highest BCUT2D eigenvalue weighted by Gasteiger charge is 2.36. The standard InChI is InChI=1S/C23H24O3.C21H25FO2.C21H26O4.C20H26N2O.C20H25NO2.C19H25NO3S/c24-23(25)20-9-3-16(4-10-20)17-11-13-21(14-12-17)26-15-1-2-22(18-5-6-18)19-7-8-19;1-2-3-4-5-6-7-8-16-9-11-17(12-10-16)19-14-13-18(21(23)24)15-20(19)22;1-4-5-10-24-11-12-25-20-14-15(2)19(13-16(20)3)17-6-8-18(9-7-17)21(22)23;1-2-3-4-5-6-7-16-8-10-17(11-9-16)18-12-14-19(15-13-18)20(23)22-21;1-2-3-4-5-6-7-16-8-10-17(11-9-16)18-12-14-19(15-13-18)20(22)21-23;1-4-6-7-14(5-2)12-23-17-13(3)24-18(20-17)15-8-10-16(11-9-15)19(21)22/h2-4,9-14,18-19H,1,5-8,15H2,(H,24,25);9-15H,2-8H2,1H3,(H,23,24);6-9,13-14H,4-5,10-12H2,1-3H3,(H,22,23);8-15H,2-7,21H2,1H3,(H,22,23);8-15,23H,2-7H2,1H3,(H,21,22);8-11,14H,4-7,12H2,1-3H3,(H,21,22). The summed E-state index contributed by atoms with van der Waals surface area (Å²) in [6, 6.07) is 76.7. The molecule has 2 fully saturated rings. The smallest absolute Gasteiger partial charge is 0.335 e. The number of aromatic carboxylic acids is 4. The lowest BCUT2D eigenvalue weighted by Gasteiger charge is -2.14. The number of aromatic nitrogens is 1. The molecule has 0 aliphatic heterocycles. The number of hydrazine groups is 1. The number of carbonyl (C=O) groups excluding carboxylic acids is 2. The van der Waals surface area contributed by atoms with E-state index in [0.29, 0.717) is 59.4 Å². The number of amides is 2. The van der Waals surface area contributed by atoms with Gasteiger partial charge in [0.2, 0.25) is 5.88 Å². The number of unbranched alkanes of at least 4 members (excludes halogenated alkanes) is 15. The Morgan fingerprint density at radius 3 is 1.20 bits per heavy atom. The Morgan fingerprint density at radius 2 is 0.786 bits per heavy atom. The number of thiazole rings is 1. The lowest BCUT2D eigenvalue weighted by atomic mass is 9.97. The molecular formula is C124H151FN4O15S. The van der Waals surface area contributed by atoms with E-state index in [0.717, 1.165) is 159 Å². The first-order chi connectivity index (χ1) is 70.4. The van der Waals surface area contributed by atoms with Crippen molar-refractivity contribution in [2.45, 2.75) is 255 Å². The van der Waals surface area contributed by atoms with Crippen LogP contribution in [0.25, 0.3) is 66.2 Å². The first-order valence-corrected chi connectivity index (χ1v) is 53.0. The molecule has 1 atom stereocenters. The van der Waals surface area contributed by atoms with E-state index in [1.165, 1.54) is 182 Å². The maximum atomic E-state index is 14.1. The Morgan fingerprint density at radius 1 is 0.400 bits per heavy atom. The van der Waals surface area contributed by atoms with E-state index in [1.54, 1.807) is 95.2 Å². The maximum absolute atomic E-state index is 14.1. The quantitative estimate of drug-likeness (QED) is 0.00439. The summed E-state index contributed by atoms with van der Waals surface area (Å²) in [7, 11) is 0. The fourth-order valence-corrected chi connectivity index (χ4v) is 17.6. The van der Waals surface area contributed by atoms with Crippen molar-refractivity contribution < 1.29 is 77.7 Å². The number of carboxylic acids is 4. The average Bonchev–Trinajstić information content (AvgIpc) is 1.12. The zero-order valence-electron chi connectivity index (χ0n) is 86.4. The van der Waals surface area contributed by atoms with Crippen LogP contribution in [0.2, 0.25) is 0 Å². The number of nitrogens with one attached hydrogen (secondary N) is 2. The van der Waals surface area contributed by atoms with Gasteiger partial charge in [0.05, 0.1) is 47.0 Å². The second-order valence-electron chi connectivity index (χ2n) is 37.4. The number of nitrogen functional groups attached to an aromatic ring is 1. The summed E-state index contributed by atoms with van der Waals surface area (Å²) in [5.74, 6) is 4.81. The normalized spacial score (nSPS) is 11.9. The summed E-state index contributed by atoms with van der Waals surface area (Å²) in [4.78, 5) is 72.1. The summed E-state index contributed by atoms with van der Waals surface area (Å²) in [6.45, 7) is 22.6. The third kappa shape index (κ3) is 40.4. The number of halogens is 1. The molecule has 0 saturated heterocycles. The molecule has 2 aliphatic carbocycles. The second kappa shape index (κ2) is 63.9. The number of hydrogen-bond acceptors (Lipinski definition) is 14. The number of rotatable bonds is 51. The van der Waals surface area contributed by atoms with Crippen molar-refractivity contribution in [1.29, 1.82) is 0 Å². The first kappa shape index (κ1) is 115. The summed E-state index contributed by atoms with van der Waals surface area (Å²) in [5, 5.41) is 45.3. The van der Waals surface area contributed by atoms with Gasteiger partial charge in [-0.3, -0.25) is 20.2 Å². The molecular weight excluding hydrogens is 1840 g/mol. The first-order valence-electron chi connectivity index (χ1n) is 52.2. The van der Waals surface area contributed by atoms with E-state index in [1.807, 2.05) is 124 Å². The summed E-state index contributed by atoms with van der Waals surface area (Å²) in [5.41, 5.74) is 24.3. The van der Waals surface area contributed by atoms with Gasteiger partial charge in [0.25, 0.3) is 11.8 Å². The molecule has 770 valence electrons. The molecule has 0 radical (unpaired) electrons. The van der Waals surface area contributed by atoms with Crippen molar-refractivity contribution in [3.05, 3.63) is 332 Å². The molecule has 1 aromatic heterocycles. The average molecular weight is 1990 g/mol. The number of carbonyl (C=O) groups is 6. The second-order valence-corrected chi connectivity index (χ2v) is 38.6. The highest BCUT2D eigenvalue weighted by atomic mass is 32.1. The predicted octanol–water partition coefficient (Wildman–Crippen LogP) is 31.4. The van der Waals surface area contributed by atoms with Crippen LogP contribution in [0.4, 0.5) is 4.39 Å². The number of nitrogens with zero attached hydrogens (tertiary/aromatic N) is 1. The van der Waals surface area contributed by atoms with Crippen molar-refractivity contribution in [3.8, 4) is 83.6 Å². The monoisotopic (exact) mass is 1990 g/mol. The minimum absolute atomic E-state index is 0.0315. The SMILES string of the molecule is CCCCC(CC)COc1nc(-c2ccc(C(=O)O)cc2)sc1C.CCCCCCCCc1ccc(-c2ccc(C(=O)O)cc2F)cc1.CCCCCCCc1ccc(-c2ccc(C(=O)NN)cc2)cc1.CCCCCCCc1ccc(-c2ccc(C(=O)NO)cc2)cc1.CCCCOCCOc1cc(C)c(-c2ccc(C(=O)O)cc2)cc1C.O=C(O)c1ccc(-c2ccc(OCCC=C(C3CC3)C3CC3)cc2)cc1. The minimum Gasteiger partial charge on any atom is -0.493 e. The predicted molar refractivity (Wildman–Crippen MR) is 586 cm³/mol. The highest BCUT2D eigenvalue weighted by Crippen LogP contribution is 2.49. The van der Waals surface area contributed by atoms with E-state index < -0.39 is 35.6 Å². The lowest BCUT2D eigenvalue weighted by Crippen LogP contribution is -2.29. The van der Waals surface area contributed by atoms with E-state index in [4.69, 9.17) is 50.4 Å². The summed E-state index contributed by atoms with van der Waals surface area (Å²) >= 11 is 1.58. The molecule has 2 amide bonds. The Kier molecular flexibility index (Phi) is 50.8. The van der Waals surface area contributed by atoms with E-state index in [9.17, 15) is 33.2 Å². The number of benzene rings is 11. The van der Waals surface area contributed by atoms with Gasteiger partial charge in [0, 0.05) is 28.9 Å². The van der Waals surface area contributed by atoms with E-state index in [2.05, 4.69) is 113 Å². The van der Waals surface area contributed by atoms with Gasteiger partial charge in [0.1, 0.15) is 28.9 Å². The van der Waals surface area contributed by atoms with Gasteiger partial charge >= 0.3 is 23.9 Å². The zero-order chi connectivity index (χ0) is 104. The summed E-state index contributed by atoms with van der Waals surface area (Å²) in [6.07, 6.45) is 40.0. The van der Waals surface area contributed by atoms with Gasteiger partial charge in [-0.25, -0.2) is 39.9 Å². The molecule has 2 aliphatic rings. The summed E-state index contributed by atoms with van der Waals surface area (Å²) < 4.78 is 37.3. The van der Waals surface area contributed by atoms with Crippen LogP contribution in [0.5, 0.6) is 17.4 Å². The molecule has 0 bridgehead atoms. The van der Waals surface area contributed by atoms with Gasteiger partial charge in [-0.2, -0.15) is 0 Å². The Balaban J connectivity index is 0.000000194. The molecule has 0 spiro atoms. The third-order valence-corrected chi connectivity index (χ3v) is 26.9. The van der Waals surface area contributed by atoms with Crippen LogP contribution in [0, 0.1) is 44.3 Å². The van der Waals surface area contributed by atoms with Gasteiger partial charge in [0.15, 0.2) is 0 Å². The number of aryl methyl sites for hydroxylation is 6. The molecule has 14 rings (SSSR count). The fourth-order valence-electron chi connectivity index (χ4n) is 16.8. The number of hydrogen-bond donors (Lipinski definition) is 8. The van der Waals surface area contributed by atoms with Crippen LogP contribution < -0.4 is 31.0 Å². The maximum Gasteiger partial charge on any atom is 0.335 e. The molecule has 1 unspecified atom stereocenters. The van der Waals surface area contributed by atoms with Crippen molar-refractivity contribution in [1.82, 2.24) is 15.9 Å². The number of carboxylic acid groups (broad SMARTS) is 4. The van der Waals surface area contributed by atoms with E-state index in [-0.39, 0.29) is 17.0 Å². The van der Waals surface area contributed by atoms with Crippen LogP contribution in [0.15, 0.2) is 260 Å². The largest absolute Gasteiger partial charge is 0.493 e. The van der Waals surface area contributed by atoms with E-state index >= 15 is 0 Å². The van der Waals surface area contributed by atoms with Crippen LogP contribution in [-0.4, -0.2) is 99.3 Å². The zero-order valence-corrected chi connectivity index (χ0v) is 87.2. The van der Waals surface area contributed by atoms with Crippen molar-refractivity contribution >= 4 is 47.0 Å². The molecule has 9 N–H and O–H groups in total. The molecule has 1 heterocycles. The van der Waals surface area contributed by atoms with Gasteiger partial charge in [-0.05, 0) is 297 Å². The molecule has 21 heteroatoms. The number of allylic oxidation sites excluding steroid dienone is 1. The third-order valence-electron chi connectivity index (χ3n) is 25.9. The Bertz CT molecular complexity index is 5790. The minimum atomic E-state index is -1.12. The van der Waals surface area contributed by atoms with Crippen LogP contribution in [-0.2, 0) is 24.0 Å². The van der Waals surface area contributed by atoms with Crippen molar-refractivity contribution in [2.24, 2.45) is 23.6 Å². The lowest BCUT2D eigenvalue weighted by molar-refractivity contribution is 0.0685. The number of ether oxygens (including phenoxy) is 4. The molecule has 145 heavy (non-hydrogen) atoms. The molecule has 12 aromatic rings. The number of hydroxylamine groups is 1. The van der Waals surface area contributed by atoms with Gasteiger partial charge in [-0.1, -0.05) is 314 Å². The fraction of sp³-hybridized carbons (Fsp3) is 0.379. The van der Waals surface area contributed by atoms with Crippen molar-refractivity contribution in [3.63, 3.8) is 0 Å². The topological polar surface area (TPSA) is 303 Å². The van der Waals surface area contributed by atoms with Crippen LogP contribution in [0.3, 0.4) is 0 Å². The van der Waals surface area contributed by atoms with Crippen molar-refractivity contribution in [2.75, 3.05) is 33.0 Å². The Hall–Kier alpha value is -13.2. The Labute approximate surface area is 862 Å². The van der Waals surface area contributed by atoms with Gasteiger partial charge < -0.3 is 39.4 Å². The van der Waals surface area contributed by atoms with Gasteiger partial charge in [-0.15, -0.1) is 11.3 Å². The van der Waals surface area contributed by atoms with Crippen LogP contribution in [0.1, 0.15) is 310 Å². The number of nitrogens with two attached hydrogens (primary N) is 1. The molecule has 11 aromatic carbocycles. The molecule has 2 saturated carbocycles. The van der Waals surface area contributed by atoms with Crippen LogP contribution >= 0.6 is 11.3 Å². The molecule has 19 nitrogen and oxygen atoms in total.